The number of nitrogens with one attached hydrogen (secondary N) is 1. The summed E-state index contributed by atoms with van der Waals surface area (Å²) in [6.07, 6.45) is 1.51. The first-order chi connectivity index (χ1) is 9.94. The van der Waals surface area contributed by atoms with Crippen molar-refractivity contribution in [2.45, 2.75) is 44.4 Å². The van der Waals surface area contributed by atoms with Crippen molar-refractivity contribution in [1.82, 2.24) is 20.2 Å². The lowest BCUT2D eigenvalue weighted by molar-refractivity contribution is 0.0242. The molecule has 0 amide bonds. The van der Waals surface area contributed by atoms with E-state index in [1.165, 1.54) is 0 Å². The molecule has 0 aromatic carbocycles. The van der Waals surface area contributed by atoms with Crippen LogP contribution in [-0.4, -0.2) is 49.6 Å². The molecule has 2 aliphatic heterocycles. The lowest BCUT2D eigenvalue weighted by Crippen LogP contribution is -2.55. The van der Waals surface area contributed by atoms with Crippen LogP contribution in [0.4, 0.5) is 11.8 Å². The van der Waals surface area contributed by atoms with Gasteiger partial charge in [0.25, 0.3) is 0 Å². The maximum atomic E-state index is 10.4. The van der Waals surface area contributed by atoms with Crippen LogP contribution in [0.5, 0.6) is 5.88 Å². The van der Waals surface area contributed by atoms with Crippen LogP contribution in [0.1, 0.15) is 26.7 Å². The summed E-state index contributed by atoms with van der Waals surface area (Å²) >= 11 is 0. The molecule has 0 bridgehead atoms. The number of aromatic amines is 1. The van der Waals surface area contributed by atoms with Gasteiger partial charge in [0.15, 0.2) is 5.65 Å². The van der Waals surface area contributed by atoms with E-state index in [1.807, 2.05) is 13.8 Å². The number of aliphatic hydroxyl groups is 1. The Hall–Kier alpha value is -2.09. The molecule has 4 rings (SSSR count). The van der Waals surface area contributed by atoms with Crippen LogP contribution in [0.25, 0.3) is 11.0 Å². The number of ether oxygens (including phenoxy) is 1. The van der Waals surface area contributed by atoms with E-state index in [1.54, 1.807) is 0 Å². The number of nitrogen functional groups attached to an aromatic ring is 1. The van der Waals surface area contributed by atoms with Crippen LogP contribution >= 0.6 is 0 Å². The average Bonchev–Trinajstić information content (AvgIpc) is 2.74. The summed E-state index contributed by atoms with van der Waals surface area (Å²) in [5.41, 5.74) is 5.62. The van der Waals surface area contributed by atoms with E-state index in [0.717, 1.165) is 18.2 Å². The summed E-state index contributed by atoms with van der Waals surface area (Å²) in [5.74, 6) is 1.38. The maximum Gasteiger partial charge on any atom is 0.246 e. The summed E-state index contributed by atoms with van der Waals surface area (Å²) in [7, 11) is 0. The third-order valence-electron chi connectivity index (χ3n) is 4.39. The number of fused-ring (bicyclic) bond motifs is 2. The van der Waals surface area contributed by atoms with E-state index in [4.69, 9.17) is 10.5 Å². The number of hydrogen-bond acceptors (Lipinski definition) is 7. The third kappa shape index (κ3) is 1.82. The average molecular weight is 290 g/mol. The Balaban J connectivity index is 1.95. The molecule has 2 aromatic heterocycles. The van der Waals surface area contributed by atoms with Gasteiger partial charge >= 0.3 is 0 Å². The number of rotatable bonds is 0. The molecule has 2 aromatic rings. The Labute approximate surface area is 121 Å². The predicted octanol–water partition coefficient (Wildman–Crippen LogP) is 0.436. The van der Waals surface area contributed by atoms with Crippen LogP contribution in [0.15, 0.2) is 0 Å². The molecule has 4 heterocycles. The highest BCUT2D eigenvalue weighted by molar-refractivity contribution is 5.93. The normalized spacial score (nSPS) is 31.7. The van der Waals surface area contributed by atoms with Gasteiger partial charge in [-0.1, -0.05) is 0 Å². The number of piperidine rings is 1. The van der Waals surface area contributed by atoms with Crippen molar-refractivity contribution in [3.05, 3.63) is 0 Å². The molecule has 8 heteroatoms. The predicted molar refractivity (Wildman–Crippen MR) is 77.2 cm³/mol. The standard InChI is InChI=1S/C13H18N6O2/c1-6-7-3-4-13(2,20)5-19(7)10-8-9(15-12(14)16-10)17-18-11(8)21-6/h6-7,20H,3-5H2,1-2H3,(H3,14,15,16,17,18)/t6?,7?,13-/m0/s1. The van der Waals surface area contributed by atoms with Gasteiger partial charge in [-0.25, -0.2) is 0 Å². The zero-order valence-electron chi connectivity index (χ0n) is 12.0. The summed E-state index contributed by atoms with van der Waals surface area (Å²) in [4.78, 5) is 10.6. The zero-order chi connectivity index (χ0) is 14.8. The Morgan fingerprint density at radius 3 is 3.10 bits per heavy atom. The van der Waals surface area contributed by atoms with Gasteiger partial charge < -0.3 is 20.5 Å². The molecule has 0 spiro atoms. The minimum atomic E-state index is -0.753. The number of H-pyrrole nitrogens is 1. The van der Waals surface area contributed by atoms with Crippen molar-refractivity contribution < 1.29 is 9.84 Å². The van der Waals surface area contributed by atoms with Crippen LogP contribution in [0, 0.1) is 0 Å². The number of aromatic nitrogens is 4. The van der Waals surface area contributed by atoms with Crippen LogP contribution in [-0.2, 0) is 0 Å². The Kier molecular flexibility index (Phi) is 2.39. The molecule has 112 valence electrons. The first-order valence-corrected chi connectivity index (χ1v) is 7.12. The van der Waals surface area contributed by atoms with Crippen molar-refractivity contribution in [2.75, 3.05) is 17.2 Å². The smallest absolute Gasteiger partial charge is 0.246 e. The van der Waals surface area contributed by atoms with Crippen molar-refractivity contribution in [1.29, 1.82) is 0 Å². The lowest BCUT2D eigenvalue weighted by Gasteiger charge is -2.44. The second-order valence-electron chi connectivity index (χ2n) is 6.21. The molecule has 0 aliphatic carbocycles. The molecule has 1 saturated heterocycles. The van der Waals surface area contributed by atoms with Crippen LogP contribution < -0.4 is 15.4 Å². The largest absolute Gasteiger partial charge is 0.471 e. The molecular formula is C13H18N6O2. The maximum absolute atomic E-state index is 10.4. The summed E-state index contributed by atoms with van der Waals surface area (Å²) in [6.45, 7) is 4.35. The van der Waals surface area contributed by atoms with Gasteiger partial charge in [0, 0.05) is 6.54 Å². The highest BCUT2D eigenvalue weighted by Gasteiger charge is 2.42. The van der Waals surface area contributed by atoms with E-state index < -0.39 is 5.60 Å². The molecular weight excluding hydrogens is 272 g/mol. The van der Waals surface area contributed by atoms with Crippen molar-refractivity contribution >= 4 is 22.8 Å². The molecule has 21 heavy (non-hydrogen) atoms. The van der Waals surface area contributed by atoms with E-state index >= 15 is 0 Å². The monoisotopic (exact) mass is 290 g/mol. The van der Waals surface area contributed by atoms with Crippen LogP contribution in [0.3, 0.4) is 0 Å². The second-order valence-corrected chi connectivity index (χ2v) is 6.21. The van der Waals surface area contributed by atoms with Gasteiger partial charge in [-0.15, -0.1) is 5.10 Å². The number of hydrogen-bond donors (Lipinski definition) is 3. The first kappa shape index (κ1) is 12.6. The highest BCUT2D eigenvalue weighted by atomic mass is 16.5. The fourth-order valence-electron chi connectivity index (χ4n) is 3.35. The van der Waals surface area contributed by atoms with E-state index in [2.05, 4.69) is 25.1 Å². The molecule has 1 fully saturated rings. The van der Waals surface area contributed by atoms with E-state index in [-0.39, 0.29) is 18.1 Å². The third-order valence-corrected chi connectivity index (χ3v) is 4.39. The topological polar surface area (TPSA) is 113 Å². The van der Waals surface area contributed by atoms with E-state index in [9.17, 15) is 5.11 Å². The van der Waals surface area contributed by atoms with Gasteiger partial charge in [-0.3, -0.25) is 5.10 Å². The molecule has 8 nitrogen and oxygen atoms in total. The number of nitrogens with zero attached hydrogens (tertiary/aromatic N) is 4. The molecule has 0 saturated carbocycles. The number of anilines is 2. The first-order valence-electron chi connectivity index (χ1n) is 7.12. The van der Waals surface area contributed by atoms with Gasteiger partial charge in [0.05, 0.1) is 11.6 Å². The Morgan fingerprint density at radius 2 is 2.29 bits per heavy atom. The second kappa shape index (κ2) is 3.97. The van der Waals surface area contributed by atoms with Crippen molar-refractivity contribution in [3.8, 4) is 5.88 Å². The molecule has 2 unspecified atom stereocenters. The molecule has 4 N–H and O–H groups in total. The molecule has 0 radical (unpaired) electrons. The SMILES string of the molecule is CC1Oc2n[nH]c3nc(N)nc(c23)N2C[C@@](C)(O)CCC12. The summed E-state index contributed by atoms with van der Waals surface area (Å²) < 4.78 is 5.96. The van der Waals surface area contributed by atoms with Gasteiger partial charge in [-0.2, -0.15) is 9.97 Å². The highest BCUT2D eigenvalue weighted by Crippen LogP contribution is 2.40. The van der Waals surface area contributed by atoms with Crippen molar-refractivity contribution in [2.24, 2.45) is 0 Å². The van der Waals surface area contributed by atoms with Gasteiger partial charge in [0.2, 0.25) is 11.8 Å². The quantitative estimate of drug-likeness (QED) is 0.645. The fraction of sp³-hybridized carbons (Fsp3) is 0.615. The summed E-state index contributed by atoms with van der Waals surface area (Å²) in [5, 5.41) is 18.2. The van der Waals surface area contributed by atoms with Crippen molar-refractivity contribution in [3.63, 3.8) is 0 Å². The Morgan fingerprint density at radius 1 is 1.48 bits per heavy atom. The Bertz CT molecular complexity index is 712. The minimum absolute atomic E-state index is 0.0528. The van der Waals surface area contributed by atoms with Gasteiger partial charge in [0.1, 0.15) is 17.3 Å². The molecule has 2 aliphatic rings. The minimum Gasteiger partial charge on any atom is -0.471 e. The lowest BCUT2D eigenvalue weighted by atomic mass is 9.88. The summed E-state index contributed by atoms with van der Waals surface area (Å²) in [6, 6.07) is 0.136. The zero-order valence-corrected chi connectivity index (χ0v) is 12.0. The number of nitrogens with two attached hydrogens (primary N) is 1. The van der Waals surface area contributed by atoms with E-state index in [0.29, 0.717) is 23.9 Å². The fourth-order valence-corrected chi connectivity index (χ4v) is 3.35. The van der Waals surface area contributed by atoms with Gasteiger partial charge in [-0.05, 0) is 26.7 Å². The van der Waals surface area contributed by atoms with Crippen LogP contribution in [0.2, 0.25) is 0 Å². The molecule has 3 atom stereocenters.